The zero-order valence-corrected chi connectivity index (χ0v) is 11.2. The quantitative estimate of drug-likeness (QED) is 0.678. The molecule has 0 aliphatic rings. The first-order valence-corrected chi connectivity index (χ1v) is 6.09. The number of nitrogens with zero attached hydrogens (tertiary/aromatic N) is 1. The first-order valence-electron chi connectivity index (χ1n) is 6.09. The Morgan fingerprint density at radius 1 is 1.10 bits per heavy atom. The van der Waals surface area contributed by atoms with E-state index in [9.17, 15) is 13.2 Å². The molecule has 2 aromatic rings. The second-order valence-electron chi connectivity index (χ2n) is 4.23. The molecule has 1 N–H and O–H groups in total. The summed E-state index contributed by atoms with van der Waals surface area (Å²) in [7, 11) is 1.55. The molecule has 0 amide bonds. The third-order valence-corrected chi connectivity index (χ3v) is 2.69. The summed E-state index contributed by atoms with van der Waals surface area (Å²) in [5.74, 6) is 0.679. The molecule has 3 nitrogen and oxygen atoms in total. The summed E-state index contributed by atoms with van der Waals surface area (Å²) in [4.78, 5) is 0. The molecule has 110 valence electrons. The standard InChI is InChI=1S/C15H13F3N2O/c1-21-14-7-2-4-11(8-14)10-19-20-13-6-3-5-12(9-13)15(16,17)18/h2-10,20H,1H3/b19-10-. The molecule has 0 aliphatic carbocycles. The van der Waals surface area contributed by atoms with Crippen molar-refractivity contribution in [2.75, 3.05) is 12.5 Å². The molecule has 0 saturated carbocycles. The number of alkyl halides is 3. The van der Waals surface area contributed by atoms with E-state index in [4.69, 9.17) is 4.74 Å². The smallest absolute Gasteiger partial charge is 0.416 e. The highest BCUT2D eigenvalue weighted by molar-refractivity contribution is 5.80. The van der Waals surface area contributed by atoms with Crippen LogP contribution in [-0.2, 0) is 6.18 Å². The summed E-state index contributed by atoms with van der Waals surface area (Å²) in [5, 5.41) is 3.91. The Labute approximate surface area is 120 Å². The maximum atomic E-state index is 12.6. The van der Waals surface area contributed by atoms with Crippen LogP contribution in [0.4, 0.5) is 18.9 Å². The van der Waals surface area contributed by atoms with Crippen LogP contribution in [0.25, 0.3) is 0 Å². The predicted octanol–water partition coefficient (Wildman–Crippen LogP) is 4.16. The van der Waals surface area contributed by atoms with Gasteiger partial charge >= 0.3 is 6.18 Å². The number of hydrazone groups is 1. The van der Waals surface area contributed by atoms with Gasteiger partial charge in [0.1, 0.15) is 5.75 Å². The van der Waals surface area contributed by atoms with Gasteiger partial charge in [-0.1, -0.05) is 18.2 Å². The Kier molecular flexibility index (Phi) is 4.47. The highest BCUT2D eigenvalue weighted by Gasteiger charge is 2.30. The molecule has 21 heavy (non-hydrogen) atoms. The largest absolute Gasteiger partial charge is 0.497 e. The highest BCUT2D eigenvalue weighted by atomic mass is 19.4. The molecule has 0 bridgehead atoms. The van der Waals surface area contributed by atoms with Gasteiger partial charge in [0.25, 0.3) is 0 Å². The van der Waals surface area contributed by atoms with E-state index in [2.05, 4.69) is 10.5 Å². The summed E-state index contributed by atoms with van der Waals surface area (Å²) in [5.41, 5.74) is 2.89. The Hall–Kier alpha value is -2.50. The van der Waals surface area contributed by atoms with Crippen LogP contribution in [0.5, 0.6) is 5.75 Å². The lowest BCUT2D eigenvalue weighted by atomic mass is 10.2. The molecule has 0 radical (unpaired) electrons. The molecule has 0 aromatic heterocycles. The zero-order chi connectivity index (χ0) is 15.3. The van der Waals surface area contributed by atoms with Crippen molar-refractivity contribution < 1.29 is 17.9 Å². The van der Waals surface area contributed by atoms with Gasteiger partial charge in [-0.15, -0.1) is 0 Å². The number of benzene rings is 2. The number of methoxy groups -OCH3 is 1. The van der Waals surface area contributed by atoms with Gasteiger partial charge in [0.15, 0.2) is 0 Å². The SMILES string of the molecule is COc1cccc(/C=N\Nc2cccc(C(F)(F)F)c2)c1. The van der Waals surface area contributed by atoms with E-state index >= 15 is 0 Å². The van der Waals surface area contributed by atoms with E-state index in [1.165, 1.54) is 18.3 Å². The third kappa shape index (κ3) is 4.24. The van der Waals surface area contributed by atoms with E-state index in [-0.39, 0.29) is 5.69 Å². The first-order chi connectivity index (χ1) is 9.99. The van der Waals surface area contributed by atoms with Crippen LogP contribution in [0.3, 0.4) is 0 Å². The molecule has 6 heteroatoms. The lowest BCUT2D eigenvalue weighted by Crippen LogP contribution is -2.05. The van der Waals surface area contributed by atoms with Crippen molar-refractivity contribution in [3.63, 3.8) is 0 Å². The van der Waals surface area contributed by atoms with Crippen LogP contribution in [0.1, 0.15) is 11.1 Å². The normalized spacial score (nSPS) is 11.6. The number of hydrogen-bond acceptors (Lipinski definition) is 3. The molecule has 0 saturated heterocycles. The lowest BCUT2D eigenvalue weighted by Gasteiger charge is -2.08. The molecule has 0 fully saturated rings. The monoisotopic (exact) mass is 294 g/mol. The van der Waals surface area contributed by atoms with Gasteiger partial charge in [0, 0.05) is 0 Å². The number of hydrogen-bond donors (Lipinski definition) is 1. The summed E-state index contributed by atoms with van der Waals surface area (Å²) >= 11 is 0. The molecule has 0 unspecified atom stereocenters. The minimum Gasteiger partial charge on any atom is -0.497 e. The molecule has 2 aromatic carbocycles. The van der Waals surface area contributed by atoms with Gasteiger partial charge < -0.3 is 4.74 Å². The van der Waals surface area contributed by atoms with Crippen LogP contribution >= 0.6 is 0 Å². The fourth-order valence-electron chi connectivity index (χ4n) is 1.67. The lowest BCUT2D eigenvalue weighted by molar-refractivity contribution is -0.137. The number of rotatable bonds is 4. The van der Waals surface area contributed by atoms with Crippen LogP contribution in [0.2, 0.25) is 0 Å². The van der Waals surface area contributed by atoms with Gasteiger partial charge in [-0.3, -0.25) is 5.43 Å². The second kappa shape index (κ2) is 6.30. The van der Waals surface area contributed by atoms with E-state index in [1.54, 1.807) is 31.4 Å². The summed E-state index contributed by atoms with van der Waals surface area (Å²) in [6.45, 7) is 0. The number of halogens is 3. The average Bonchev–Trinajstić information content (AvgIpc) is 2.47. The maximum absolute atomic E-state index is 12.6. The molecule has 0 spiro atoms. The average molecular weight is 294 g/mol. The Morgan fingerprint density at radius 2 is 1.86 bits per heavy atom. The minimum atomic E-state index is -4.37. The molecular formula is C15H13F3N2O. The molecule has 0 heterocycles. The van der Waals surface area contributed by atoms with Crippen LogP contribution in [-0.4, -0.2) is 13.3 Å². The maximum Gasteiger partial charge on any atom is 0.416 e. The summed E-state index contributed by atoms with van der Waals surface area (Å²) in [6.07, 6.45) is -2.86. The van der Waals surface area contributed by atoms with Crippen molar-refractivity contribution in [3.8, 4) is 5.75 Å². The summed E-state index contributed by atoms with van der Waals surface area (Å²) in [6, 6.07) is 12.0. The van der Waals surface area contributed by atoms with Crippen LogP contribution < -0.4 is 10.2 Å². The minimum absolute atomic E-state index is 0.268. The Bertz CT molecular complexity index is 639. The molecule has 0 aliphatic heterocycles. The van der Waals surface area contributed by atoms with Gasteiger partial charge in [0.2, 0.25) is 0 Å². The fourth-order valence-corrected chi connectivity index (χ4v) is 1.67. The Morgan fingerprint density at radius 3 is 2.57 bits per heavy atom. The first kappa shape index (κ1) is 14.9. The van der Waals surface area contributed by atoms with Gasteiger partial charge in [-0.2, -0.15) is 18.3 Å². The van der Waals surface area contributed by atoms with Gasteiger partial charge in [-0.05, 0) is 35.9 Å². The van der Waals surface area contributed by atoms with Crippen molar-refractivity contribution >= 4 is 11.9 Å². The number of nitrogens with one attached hydrogen (secondary N) is 1. The summed E-state index contributed by atoms with van der Waals surface area (Å²) < 4.78 is 42.7. The fraction of sp³-hybridized carbons (Fsp3) is 0.133. The Balaban J connectivity index is 2.07. The topological polar surface area (TPSA) is 33.6 Å². The van der Waals surface area contributed by atoms with E-state index in [0.717, 1.165) is 17.7 Å². The van der Waals surface area contributed by atoms with Crippen molar-refractivity contribution in [1.82, 2.24) is 0 Å². The second-order valence-corrected chi connectivity index (χ2v) is 4.23. The number of anilines is 1. The highest BCUT2D eigenvalue weighted by Crippen LogP contribution is 2.30. The van der Waals surface area contributed by atoms with Gasteiger partial charge in [-0.25, -0.2) is 0 Å². The van der Waals surface area contributed by atoms with E-state index in [1.807, 2.05) is 0 Å². The molecule has 0 atom stereocenters. The molecular weight excluding hydrogens is 281 g/mol. The van der Waals surface area contributed by atoms with Crippen molar-refractivity contribution in [2.24, 2.45) is 5.10 Å². The van der Waals surface area contributed by atoms with Crippen LogP contribution in [0.15, 0.2) is 53.6 Å². The molecule has 2 rings (SSSR count). The van der Waals surface area contributed by atoms with Gasteiger partial charge in [0.05, 0.1) is 24.6 Å². The van der Waals surface area contributed by atoms with Crippen LogP contribution in [0, 0.1) is 0 Å². The van der Waals surface area contributed by atoms with E-state index < -0.39 is 11.7 Å². The third-order valence-electron chi connectivity index (χ3n) is 2.69. The van der Waals surface area contributed by atoms with Crippen molar-refractivity contribution in [2.45, 2.75) is 6.18 Å². The predicted molar refractivity (Wildman–Crippen MR) is 75.7 cm³/mol. The zero-order valence-electron chi connectivity index (χ0n) is 11.2. The number of ether oxygens (including phenoxy) is 1. The van der Waals surface area contributed by atoms with Crippen molar-refractivity contribution in [3.05, 3.63) is 59.7 Å². The van der Waals surface area contributed by atoms with E-state index in [0.29, 0.717) is 5.75 Å². The van der Waals surface area contributed by atoms with Crippen molar-refractivity contribution in [1.29, 1.82) is 0 Å².